The van der Waals surface area contributed by atoms with Gasteiger partial charge in [0, 0.05) is 30.7 Å². The summed E-state index contributed by atoms with van der Waals surface area (Å²) in [4.78, 5) is 12.6. The molecule has 2 aliphatic rings. The molecule has 2 aliphatic heterocycles. The van der Waals surface area contributed by atoms with E-state index in [-0.39, 0.29) is 18.1 Å². The third kappa shape index (κ3) is 3.27. The van der Waals surface area contributed by atoms with Crippen LogP contribution in [0.2, 0.25) is 0 Å². The Labute approximate surface area is 153 Å². The van der Waals surface area contributed by atoms with Gasteiger partial charge in [0.2, 0.25) is 6.79 Å². The fourth-order valence-electron chi connectivity index (χ4n) is 3.61. The topological polar surface area (TPSA) is 56.8 Å². The van der Waals surface area contributed by atoms with Crippen LogP contribution < -0.4 is 14.8 Å². The highest BCUT2D eigenvalue weighted by Crippen LogP contribution is 2.40. The third-order valence-electron chi connectivity index (χ3n) is 5.34. The Morgan fingerprint density at radius 3 is 2.54 bits per heavy atom. The summed E-state index contributed by atoms with van der Waals surface area (Å²) in [6, 6.07) is 13.7. The molecule has 0 unspecified atom stereocenters. The first kappa shape index (κ1) is 16.9. The lowest BCUT2D eigenvalue weighted by atomic mass is 9.74. The molecule has 0 saturated carbocycles. The van der Waals surface area contributed by atoms with E-state index >= 15 is 0 Å². The Bertz CT molecular complexity index is 794. The minimum Gasteiger partial charge on any atom is -0.454 e. The van der Waals surface area contributed by atoms with Crippen LogP contribution in [0.5, 0.6) is 11.5 Å². The van der Waals surface area contributed by atoms with Crippen molar-refractivity contribution in [1.82, 2.24) is 5.32 Å². The van der Waals surface area contributed by atoms with E-state index in [2.05, 4.69) is 11.4 Å². The molecule has 2 aromatic rings. The van der Waals surface area contributed by atoms with Gasteiger partial charge < -0.3 is 19.5 Å². The fourth-order valence-corrected chi connectivity index (χ4v) is 3.61. The predicted molar refractivity (Wildman–Crippen MR) is 97.8 cm³/mol. The van der Waals surface area contributed by atoms with Gasteiger partial charge in [-0.05, 0) is 49.6 Å². The first-order valence-corrected chi connectivity index (χ1v) is 8.99. The monoisotopic (exact) mass is 353 g/mol. The molecule has 0 aromatic heterocycles. The van der Waals surface area contributed by atoms with Crippen molar-refractivity contribution in [2.24, 2.45) is 0 Å². The Morgan fingerprint density at radius 2 is 1.77 bits per heavy atom. The quantitative estimate of drug-likeness (QED) is 0.917. The van der Waals surface area contributed by atoms with Crippen molar-refractivity contribution in [3.8, 4) is 11.5 Å². The minimum atomic E-state index is -0.153. The van der Waals surface area contributed by atoms with Crippen LogP contribution in [0.25, 0.3) is 0 Å². The highest BCUT2D eigenvalue weighted by Gasteiger charge is 2.36. The molecule has 26 heavy (non-hydrogen) atoms. The van der Waals surface area contributed by atoms with E-state index in [1.165, 1.54) is 0 Å². The molecule has 4 rings (SSSR count). The van der Waals surface area contributed by atoms with Gasteiger partial charge in [0.15, 0.2) is 11.5 Å². The molecule has 5 nitrogen and oxygen atoms in total. The number of hydrogen-bond acceptors (Lipinski definition) is 4. The molecule has 1 amide bonds. The molecule has 1 saturated heterocycles. The Hall–Kier alpha value is -2.53. The van der Waals surface area contributed by atoms with Gasteiger partial charge in [-0.3, -0.25) is 4.79 Å². The SMILES string of the molecule is Cc1ccc(C(=O)NCC2(c3ccc4c(c3)OCO4)CCOCC2)cc1. The summed E-state index contributed by atoms with van der Waals surface area (Å²) in [6.07, 6.45) is 1.72. The van der Waals surface area contributed by atoms with Gasteiger partial charge in [-0.25, -0.2) is 0 Å². The van der Waals surface area contributed by atoms with Crippen LogP contribution in [-0.2, 0) is 10.2 Å². The van der Waals surface area contributed by atoms with Crippen LogP contribution in [0.4, 0.5) is 0 Å². The standard InChI is InChI=1S/C21H23NO4/c1-15-2-4-16(5-3-15)20(23)22-13-21(8-10-24-11-9-21)17-6-7-18-19(12-17)26-14-25-18/h2-7,12H,8-11,13-14H2,1H3,(H,22,23). The van der Waals surface area contributed by atoms with Crippen LogP contribution in [0.1, 0.15) is 34.3 Å². The normalized spacial score (nSPS) is 17.7. The van der Waals surface area contributed by atoms with Crippen LogP contribution in [0.15, 0.2) is 42.5 Å². The predicted octanol–water partition coefficient (Wildman–Crippen LogP) is 3.20. The largest absolute Gasteiger partial charge is 0.454 e. The van der Waals surface area contributed by atoms with Crippen molar-refractivity contribution in [1.29, 1.82) is 0 Å². The molecule has 136 valence electrons. The molecular weight excluding hydrogens is 330 g/mol. The zero-order valence-electron chi connectivity index (χ0n) is 14.9. The number of nitrogens with one attached hydrogen (secondary N) is 1. The van der Waals surface area contributed by atoms with Gasteiger partial charge in [-0.15, -0.1) is 0 Å². The lowest BCUT2D eigenvalue weighted by Crippen LogP contribution is -2.44. The highest BCUT2D eigenvalue weighted by atomic mass is 16.7. The van der Waals surface area contributed by atoms with E-state index < -0.39 is 0 Å². The zero-order chi connectivity index (χ0) is 18.0. The van der Waals surface area contributed by atoms with Crippen molar-refractivity contribution in [3.63, 3.8) is 0 Å². The van der Waals surface area contributed by atoms with Crippen molar-refractivity contribution in [2.45, 2.75) is 25.2 Å². The van der Waals surface area contributed by atoms with E-state index in [4.69, 9.17) is 14.2 Å². The van der Waals surface area contributed by atoms with Crippen LogP contribution >= 0.6 is 0 Å². The molecule has 0 bridgehead atoms. The van der Waals surface area contributed by atoms with Gasteiger partial charge in [-0.1, -0.05) is 23.8 Å². The Balaban J connectivity index is 1.55. The van der Waals surface area contributed by atoms with E-state index in [1.54, 1.807) is 0 Å². The lowest BCUT2D eigenvalue weighted by molar-refractivity contribution is 0.0486. The summed E-state index contributed by atoms with van der Waals surface area (Å²) in [5.41, 5.74) is 2.83. The van der Waals surface area contributed by atoms with Gasteiger partial charge in [0.05, 0.1) is 0 Å². The number of amides is 1. The van der Waals surface area contributed by atoms with Gasteiger partial charge in [0.1, 0.15) is 0 Å². The molecule has 1 N–H and O–H groups in total. The molecule has 0 aliphatic carbocycles. The van der Waals surface area contributed by atoms with Crippen molar-refractivity contribution in [3.05, 3.63) is 59.2 Å². The average molecular weight is 353 g/mol. The number of benzene rings is 2. The molecule has 0 atom stereocenters. The van der Waals surface area contributed by atoms with Crippen LogP contribution in [0, 0.1) is 6.92 Å². The van der Waals surface area contributed by atoms with Crippen LogP contribution in [0.3, 0.4) is 0 Å². The summed E-state index contributed by atoms with van der Waals surface area (Å²) in [5, 5.41) is 3.13. The summed E-state index contributed by atoms with van der Waals surface area (Å²) < 4.78 is 16.5. The maximum absolute atomic E-state index is 12.6. The molecule has 5 heteroatoms. The van der Waals surface area contributed by atoms with E-state index in [9.17, 15) is 4.79 Å². The summed E-state index contributed by atoms with van der Waals surface area (Å²) in [6.45, 7) is 4.23. The van der Waals surface area contributed by atoms with Gasteiger partial charge in [0.25, 0.3) is 5.91 Å². The second-order valence-electron chi connectivity index (χ2n) is 7.01. The first-order chi connectivity index (χ1) is 12.7. The molecule has 1 fully saturated rings. The summed E-state index contributed by atoms with van der Waals surface area (Å²) in [7, 11) is 0. The third-order valence-corrected chi connectivity index (χ3v) is 5.34. The molecule has 2 heterocycles. The zero-order valence-corrected chi connectivity index (χ0v) is 14.9. The first-order valence-electron chi connectivity index (χ1n) is 8.99. The number of fused-ring (bicyclic) bond motifs is 1. The minimum absolute atomic E-state index is 0.0448. The Kier molecular flexibility index (Phi) is 4.55. The smallest absolute Gasteiger partial charge is 0.251 e. The van der Waals surface area contributed by atoms with E-state index in [0.717, 1.165) is 35.5 Å². The van der Waals surface area contributed by atoms with Gasteiger partial charge >= 0.3 is 0 Å². The summed E-state index contributed by atoms with van der Waals surface area (Å²) in [5.74, 6) is 1.51. The lowest BCUT2D eigenvalue weighted by Gasteiger charge is -2.38. The molecular formula is C21H23NO4. The van der Waals surface area contributed by atoms with Crippen LogP contribution in [-0.4, -0.2) is 32.5 Å². The van der Waals surface area contributed by atoms with E-state index in [1.807, 2.05) is 43.3 Å². The number of aryl methyl sites for hydroxylation is 1. The second kappa shape index (κ2) is 7.00. The van der Waals surface area contributed by atoms with Gasteiger partial charge in [-0.2, -0.15) is 0 Å². The molecule has 0 radical (unpaired) electrons. The fraction of sp³-hybridized carbons (Fsp3) is 0.381. The number of rotatable bonds is 4. The molecule has 2 aromatic carbocycles. The second-order valence-corrected chi connectivity index (χ2v) is 7.01. The number of ether oxygens (including phenoxy) is 3. The summed E-state index contributed by atoms with van der Waals surface area (Å²) >= 11 is 0. The Morgan fingerprint density at radius 1 is 1.04 bits per heavy atom. The van der Waals surface area contributed by atoms with E-state index in [0.29, 0.717) is 25.3 Å². The number of carbonyl (C=O) groups is 1. The average Bonchev–Trinajstić information content (AvgIpc) is 3.15. The van der Waals surface area contributed by atoms with Crippen molar-refractivity contribution < 1.29 is 19.0 Å². The maximum Gasteiger partial charge on any atom is 0.251 e. The van der Waals surface area contributed by atoms with Crippen molar-refractivity contribution >= 4 is 5.91 Å². The molecule has 0 spiro atoms. The maximum atomic E-state index is 12.6. The van der Waals surface area contributed by atoms with Crippen molar-refractivity contribution in [2.75, 3.05) is 26.6 Å². The number of carbonyl (C=O) groups excluding carboxylic acids is 1. The highest BCUT2D eigenvalue weighted by molar-refractivity contribution is 5.94. The number of hydrogen-bond donors (Lipinski definition) is 1.